The second-order valence-corrected chi connectivity index (χ2v) is 6.79. The number of rotatable bonds is 4. The van der Waals surface area contributed by atoms with Crippen molar-refractivity contribution in [1.82, 2.24) is 9.80 Å². The summed E-state index contributed by atoms with van der Waals surface area (Å²) < 4.78 is 5.72. The quantitative estimate of drug-likeness (QED) is 0.738. The predicted molar refractivity (Wildman–Crippen MR) is 78.6 cm³/mol. The molecular formula is C16H28N2O2. The number of nitrogens with zero attached hydrogens (tertiary/aromatic N) is 2. The number of hydrogen-bond donors (Lipinski definition) is 0. The highest BCUT2D eigenvalue weighted by atomic mass is 16.5. The van der Waals surface area contributed by atoms with Crippen LogP contribution in [0, 0.1) is 0 Å². The van der Waals surface area contributed by atoms with Gasteiger partial charge in [0.15, 0.2) is 0 Å². The number of fused-ring (bicyclic) bond motifs is 2. The minimum Gasteiger partial charge on any atom is -0.462 e. The van der Waals surface area contributed by atoms with Crippen molar-refractivity contribution >= 4 is 5.97 Å². The van der Waals surface area contributed by atoms with Crippen molar-refractivity contribution in [2.75, 3.05) is 26.7 Å². The molecule has 114 valence electrons. The van der Waals surface area contributed by atoms with E-state index < -0.39 is 0 Å². The van der Waals surface area contributed by atoms with Crippen LogP contribution in [0.25, 0.3) is 0 Å². The third-order valence-electron chi connectivity index (χ3n) is 5.43. The molecule has 3 aliphatic rings. The van der Waals surface area contributed by atoms with Crippen LogP contribution in [0.2, 0.25) is 0 Å². The van der Waals surface area contributed by atoms with E-state index in [1.165, 1.54) is 32.1 Å². The molecule has 3 saturated heterocycles. The molecule has 4 nitrogen and oxygen atoms in total. The summed E-state index contributed by atoms with van der Waals surface area (Å²) in [7, 11) is 2.22. The van der Waals surface area contributed by atoms with Crippen LogP contribution >= 0.6 is 0 Å². The first-order valence-corrected chi connectivity index (χ1v) is 8.36. The Labute approximate surface area is 122 Å². The maximum atomic E-state index is 12.0. The molecule has 0 aliphatic carbocycles. The summed E-state index contributed by atoms with van der Waals surface area (Å²) in [5.41, 5.74) is 0. The lowest BCUT2D eigenvalue weighted by molar-refractivity contribution is -0.152. The molecule has 0 aromatic heterocycles. The number of esters is 1. The Bertz CT molecular complexity index is 327. The highest BCUT2D eigenvalue weighted by Crippen LogP contribution is 2.35. The summed E-state index contributed by atoms with van der Waals surface area (Å²) in [6, 6.07) is 1.29. The summed E-state index contributed by atoms with van der Waals surface area (Å²) in [5, 5.41) is 0. The van der Waals surface area contributed by atoms with Gasteiger partial charge in [0.25, 0.3) is 0 Å². The number of ether oxygens (including phenoxy) is 1. The van der Waals surface area contributed by atoms with E-state index in [9.17, 15) is 4.79 Å². The average molecular weight is 280 g/mol. The van der Waals surface area contributed by atoms with E-state index in [0.717, 1.165) is 32.5 Å². The van der Waals surface area contributed by atoms with Crippen LogP contribution in [0.15, 0.2) is 0 Å². The second kappa shape index (κ2) is 6.44. The van der Waals surface area contributed by atoms with Crippen molar-refractivity contribution < 1.29 is 9.53 Å². The Morgan fingerprint density at radius 1 is 1.10 bits per heavy atom. The molecule has 0 aromatic carbocycles. The normalized spacial score (nSPS) is 35.1. The maximum absolute atomic E-state index is 12.0. The summed E-state index contributed by atoms with van der Waals surface area (Å²) in [4.78, 5) is 16.9. The number of hydrogen-bond acceptors (Lipinski definition) is 4. The molecule has 3 rings (SSSR count). The van der Waals surface area contributed by atoms with Gasteiger partial charge >= 0.3 is 5.97 Å². The molecule has 0 saturated carbocycles. The molecule has 4 heteroatoms. The summed E-state index contributed by atoms with van der Waals surface area (Å²) in [5.74, 6) is 0.0181. The number of carbonyl (C=O) groups is 1. The van der Waals surface area contributed by atoms with Gasteiger partial charge < -0.3 is 14.5 Å². The Morgan fingerprint density at radius 3 is 2.40 bits per heavy atom. The Morgan fingerprint density at radius 2 is 1.75 bits per heavy atom. The van der Waals surface area contributed by atoms with Crippen LogP contribution in [0.5, 0.6) is 0 Å². The van der Waals surface area contributed by atoms with Crippen molar-refractivity contribution in [2.24, 2.45) is 0 Å². The van der Waals surface area contributed by atoms with Crippen LogP contribution in [0.3, 0.4) is 0 Å². The van der Waals surface area contributed by atoms with Crippen LogP contribution in [-0.4, -0.2) is 60.6 Å². The minimum absolute atomic E-state index is 0.0181. The van der Waals surface area contributed by atoms with Gasteiger partial charge in [-0.15, -0.1) is 0 Å². The summed E-state index contributed by atoms with van der Waals surface area (Å²) in [6.07, 6.45) is 9.32. The Kier molecular flexibility index (Phi) is 4.61. The fraction of sp³-hybridized carbons (Fsp3) is 0.938. The number of likely N-dealkylation sites (tertiary alicyclic amines) is 1. The van der Waals surface area contributed by atoms with Gasteiger partial charge in [-0.25, -0.2) is 0 Å². The van der Waals surface area contributed by atoms with E-state index in [-0.39, 0.29) is 12.1 Å². The van der Waals surface area contributed by atoms with E-state index in [4.69, 9.17) is 4.74 Å². The summed E-state index contributed by atoms with van der Waals surface area (Å²) >= 11 is 0. The molecule has 0 aromatic rings. The van der Waals surface area contributed by atoms with E-state index in [0.29, 0.717) is 18.5 Å². The first-order valence-electron chi connectivity index (χ1n) is 8.36. The first kappa shape index (κ1) is 14.3. The molecule has 0 N–H and O–H groups in total. The predicted octanol–water partition coefficient (Wildman–Crippen LogP) is 2.03. The lowest BCUT2D eigenvalue weighted by Gasteiger charge is -2.36. The highest BCUT2D eigenvalue weighted by Gasteiger charge is 2.39. The monoisotopic (exact) mass is 280 g/mol. The SMILES string of the molecule is CN1C2CCC1CC(OC(=O)CCN1CCCCC1)C2. The number of piperidine rings is 2. The van der Waals surface area contributed by atoms with Crippen LogP contribution < -0.4 is 0 Å². The summed E-state index contributed by atoms with van der Waals surface area (Å²) in [6.45, 7) is 3.20. The Balaban J connectivity index is 1.38. The largest absolute Gasteiger partial charge is 0.462 e. The average Bonchev–Trinajstić information content (AvgIpc) is 2.68. The minimum atomic E-state index is 0.0181. The lowest BCUT2D eigenvalue weighted by atomic mass is 10.0. The Hall–Kier alpha value is -0.610. The van der Waals surface area contributed by atoms with Gasteiger partial charge in [-0.3, -0.25) is 4.79 Å². The van der Waals surface area contributed by atoms with E-state index in [1.807, 2.05) is 0 Å². The van der Waals surface area contributed by atoms with Crippen molar-refractivity contribution in [3.63, 3.8) is 0 Å². The topological polar surface area (TPSA) is 32.8 Å². The van der Waals surface area contributed by atoms with Gasteiger partial charge in [-0.1, -0.05) is 6.42 Å². The zero-order chi connectivity index (χ0) is 13.9. The van der Waals surface area contributed by atoms with Crippen molar-refractivity contribution in [3.8, 4) is 0 Å². The molecule has 2 unspecified atom stereocenters. The maximum Gasteiger partial charge on any atom is 0.307 e. The molecule has 2 atom stereocenters. The highest BCUT2D eigenvalue weighted by molar-refractivity contribution is 5.69. The molecule has 20 heavy (non-hydrogen) atoms. The third kappa shape index (κ3) is 3.34. The van der Waals surface area contributed by atoms with Crippen LogP contribution in [0.4, 0.5) is 0 Å². The molecule has 3 heterocycles. The fourth-order valence-electron chi connectivity index (χ4n) is 4.14. The van der Waals surface area contributed by atoms with Gasteiger partial charge in [0.1, 0.15) is 6.10 Å². The molecule has 3 aliphatic heterocycles. The zero-order valence-corrected chi connectivity index (χ0v) is 12.7. The van der Waals surface area contributed by atoms with Crippen molar-refractivity contribution in [1.29, 1.82) is 0 Å². The molecule has 0 amide bonds. The van der Waals surface area contributed by atoms with Crippen LogP contribution in [-0.2, 0) is 9.53 Å². The molecule has 2 bridgehead atoms. The van der Waals surface area contributed by atoms with Gasteiger partial charge in [0.05, 0.1) is 6.42 Å². The van der Waals surface area contributed by atoms with Gasteiger partial charge in [0.2, 0.25) is 0 Å². The standard InChI is InChI=1S/C16H28N2O2/c1-17-13-5-6-14(17)12-15(11-13)20-16(19)7-10-18-8-3-2-4-9-18/h13-15H,2-12H2,1H3. The zero-order valence-electron chi connectivity index (χ0n) is 12.7. The van der Waals surface area contributed by atoms with Crippen molar-refractivity contribution in [2.45, 2.75) is 69.6 Å². The number of carbonyl (C=O) groups excluding carboxylic acids is 1. The fourth-order valence-corrected chi connectivity index (χ4v) is 4.14. The lowest BCUT2D eigenvalue weighted by Crippen LogP contribution is -2.43. The van der Waals surface area contributed by atoms with Gasteiger partial charge in [-0.05, 0) is 58.7 Å². The van der Waals surface area contributed by atoms with E-state index in [2.05, 4.69) is 16.8 Å². The van der Waals surface area contributed by atoms with Gasteiger partial charge in [-0.2, -0.15) is 0 Å². The van der Waals surface area contributed by atoms with E-state index in [1.54, 1.807) is 0 Å². The third-order valence-corrected chi connectivity index (χ3v) is 5.43. The van der Waals surface area contributed by atoms with Gasteiger partial charge in [0, 0.05) is 18.6 Å². The molecule has 0 radical (unpaired) electrons. The molecular weight excluding hydrogens is 252 g/mol. The van der Waals surface area contributed by atoms with Crippen LogP contribution in [0.1, 0.15) is 51.4 Å². The smallest absolute Gasteiger partial charge is 0.307 e. The van der Waals surface area contributed by atoms with E-state index >= 15 is 0 Å². The molecule has 3 fully saturated rings. The first-order chi connectivity index (χ1) is 9.72. The van der Waals surface area contributed by atoms with Crippen molar-refractivity contribution in [3.05, 3.63) is 0 Å². The second-order valence-electron chi connectivity index (χ2n) is 6.79. The molecule has 0 spiro atoms.